The van der Waals surface area contributed by atoms with Crippen LogP contribution in [0.3, 0.4) is 0 Å². The lowest BCUT2D eigenvalue weighted by Crippen LogP contribution is -2.05. The van der Waals surface area contributed by atoms with Gasteiger partial charge in [-0.05, 0) is 35.9 Å². The first-order valence-electron chi connectivity index (χ1n) is 7.61. The SMILES string of the molecule is Cn1c(-c2ccc3c(c2)OCO3)cnc1NCc1cccc(Br)c1. The second kappa shape index (κ2) is 6.20. The van der Waals surface area contributed by atoms with E-state index in [1.807, 2.05) is 48.1 Å². The van der Waals surface area contributed by atoms with E-state index >= 15 is 0 Å². The topological polar surface area (TPSA) is 48.3 Å². The summed E-state index contributed by atoms with van der Waals surface area (Å²) in [5.41, 5.74) is 3.26. The Hall–Kier alpha value is -2.47. The molecule has 0 spiro atoms. The molecule has 5 nitrogen and oxygen atoms in total. The fraction of sp³-hybridized carbons (Fsp3) is 0.167. The van der Waals surface area contributed by atoms with Crippen LogP contribution in [0.25, 0.3) is 11.3 Å². The Morgan fingerprint density at radius 2 is 2.04 bits per heavy atom. The highest BCUT2D eigenvalue weighted by atomic mass is 79.9. The van der Waals surface area contributed by atoms with Crippen molar-refractivity contribution in [3.05, 3.63) is 58.7 Å². The zero-order chi connectivity index (χ0) is 16.5. The summed E-state index contributed by atoms with van der Waals surface area (Å²) >= 11 is 3.49. The van der Waals surface area contributed by atoms with Crippen LogP contribution in [-0.4, -0.2) is 16.3 Å². The number of nitrogens with zero attached hydrogens (tertiary/aromatic N) is 2. The number of benzene rings is 2. The van der Waals surface area contributed by atoms with E-state index in [0.717, 1.165) is 33.2 Å². The standard InChI is InChI=1S/C18H16BrN3O2/c1-22-15(13-5-6-16-17(8-13)24-11-23-16)10-21-18(22)20-9-12-3-2-4-14(19)7-12/h2-8,10H,9,11H2,1H3,(H,20,21). The van der Waals surface area contributed by atoms with Crippen LogP contribution in [0, 0.1) is 0 Å². The third-order valence-corrected chi connectivity index (χ3v) is 4.49. The molecule has 122 valence electrons. The van der Waals surface area contributed by atoms with Gasteiger partial charge < -0.3 is 19.4 Å². The van der Waals surface area contributed by atoms with Crippen molar-refractivity contribution in [3.8, 4) is 22.8 Å². The van der Waals surface area contributed by atoms with E-state index in [1.54, 1.807) is 0 Å². The van der Waals surface area contributed by atoms with Crippen molar-refractivity contribution in [1.82, 2.24) is 9.55 Å². The van der Waals surface area contributed by atoms with Crippen molar-refractivity contribution in [2.24, 2.45) is 7.05 Å². The van der Waals surface area contributed by atoms with E-state index in [1.165, 1.54) is 5.56 Å². The molecule has 0 fully saturated rings. The normalized spacial score (nSPS) is 12.4. The lowest BCUT2D eigenvalue weighted by atomic mass is 10.1. The van der Waals surface area contributed by atoms with Crippen molar-refractivity contribution in [3.63, 3.8) is 0 Å². The van der Waals surface area contributed by atoms with Gasteiger partial charge >= 0.3 is 0 Å². The summed E-state index contributed by atoms with van der Waals surface area (Å²) in [7, 11) is 2.00. The zero-order valence-electron chi connectivity index (χ0n) is 13.1. The minimum absolute atomic E-state index is 0.281. The molecular weight excluding hydrogens is 370 g/mol. The third kappa shape index (κ3) is 2.85. The number of ether oxygens (including phenoxy) is 2. The van der Waals surface area contributed by atoms with Crippen LogP contribution in [0.2, 0.25) is 0 Å². The van der Waals surface area contributed by atoms with Gasteiger partial charge in [0.05, 0.1) is 11.9 Å². The van der Waals surface area contributed by atoms with Crippen molar-refractivity contribution < 1.29 is 9.47 Å². The summed E-state index contributed by atoms with van der Waals surface area (Å²) in [5.74, 6) is 2.38. The second-order valence-electron chi connectivity index (χ2n) is 5.58. The Kier molecular flexibility index (Phi) is 3.90. The molecular formula is C18H16BrN3O2. The molecule has 2 heterocycles. The van der Waals surface area contributed by atoms with Gasteiger partial charge in [-0.2, -0.15) is 0 Å². The van der Waals surface area contributed by atoms with Crippen molar-refractivity contribution in [2.45, 2.75) is 6.54 Å². The Bertz CT molecular complexity index is 892. The smallest absolute Gasteiger partial charge is 0.231 e. The van der Waals surface area contributed by atoms with Gasteiger partial charge in [0.15, 0.2) is 11.5 Å². The van der Waals surface area contributed by atoms with E-state index < -0.39 is 0 Å². The van der Waals surface area contributed by atoms with E-state index in [9.17, 15) is 0 Å². The fourth-order valence-corrected chi connectivity index (χ4v) is 3.17. The molecule has 1 aliphatic heterocycles. The molecule has 4 rings (SSSR count). The van der Waals surface area contributed by atoms with Crippen LogP contribution in [0.1, 0.15) is 5.56 Å². The number of aromatic nitrogens is 2. The van der Waals surface area contributed by atoms with Crippen molar-refractivity contribution >= 4 is 21.9 Å². The van der Waals surface area contributed by atoms with E-state index in [4.69, 9.17) is 9.47 Å². The maximum Gasteiger partial charge on any atom is 0.231 e. The van der Waals surface area contributed by atoms with Gasteiger partial charge in [0, 0.05) is 23.6 Å². The lowest BCUT2D eigenvalue weighted by molar-refractivity contribution is 0.174. The van der Waals surface area contributed by atoms with Gasteiger partial charge in [0.25, 0.3) is 0 Å². The molecule has 0 aliphatic carbocycles. The molecule has 0 saturated carbocycles. The summed E-state index contributed by atoms with van der Waals surface area (Å²) in [6.45, 7) is 0.995. The number of anilines is 1. The molecule has 1 N–H and O–H groups in total. The Morgan fingerprint density at radius 1 is 1.17 bits per heavy atom. The number of nitrogens with one attached hydrogen (secondary N) is 1. The first-order chi connectivity index (χ1) is 11.7. The average molecular weight is 386 g/mol. The minimum Gasteiger partial charge on any atom is -0.454 e. The Balaban J connectivity index is 1.55. The van der Waals surface area contributed by atoms with E-state index in [-0.39, 0.29) is 6.79 Å². The van der Waals surface area contributed by atoms with Gasteiger partial charge in [-0.15, -0.1) is 0 Å². The summed E-state index contributed by atoms with van der Waals surface area (Å²) in [6.07, 6.45) is 1.86. The largest absolute Gasteiger partial charge is 0.454 e. The highest BCUT2D eigenvalue weighted by Gasteiger charge is 2.16. The van der Waals surface area contributed by atoms with E-state index in [0.29, 0.717) is 6.54 Å². The summed E-state index contributed by atoms with van der Waals surface area (Å²) in [6, 6.07) is 14.1. The number of hydrogen-bond donors (Lipinski definition) is 1. The molecule has 0 amide bonds. The van der Waals surface area contributed by atoms with Gasteiger partial charge in [0.2, 0.25) is 12.7 Å². The highest BCUT2D eigenvalue weighted by Crippen LogP contribution is 2.36. The molecule has 1 aromatic heterocycles. The minimum atomic E-state index is 0.281. The number of fused-ring (bicyclic) bond motifs is 1. The van der Waals surface area contributed by atoms with Crippen LogP contribution in [-0.2, 0) is 13.6 Å². The molecule has 24 heavy (non-hydrogen) atoms. The van der Waals surface area contributed by atoms with Gasteiger partial charge in [-0.3, -0.25) is 0 Å². The molecule has 1 aliphatic rings. The average Bonchev–Trinajstić information content (AvgIpc) is 3.19. The van der Waals surface area contributed by atoms with E-state index in [2.05, 4.69) is 38.4 Å². The van der Waals surface area contributed by atoms with Crippen LogP contribution in [0.15, 0.2) is 53.1 Å². The molecule has 0 bridgehead atoms. The predicted octanol–water partition coefficient (Wildman–Crippen LogP) is 4.19. The Labute approximate surface area is 148 Å². The van der Waals surface area contributed by atoms with Crippen molar-refractivity contribution in [1.29, 1.82) is 0 Å². The maximum atomic E-state index is 5.45. The summed E-state index contributed by atoms with van der Waals surface area (Å²) < 4.78 is 13.9. The number of halogens is 1. The quantitative estimate of drug-likeness (QED) is 0.731. The van der Waals surface area contributed by atoms with Gasteiger partial charge in [-0.1, -0.05) is 28.1 Å². The maximum absolute atomic E-state index is 5.45. The predicted molar refractivity (Wildman–Crippen MR) is 96.2 cm³/mol. The molecule has 0 unspecified atom stereocenters. The summed E-state index contributed by atoms with van der Waals surface area (Å²) in [4.78, 5) is 4.49. The molecule has 0 radical (unpaired) electrons. The summed E-state index contributed by atoms with van der Waals surface area (Å²) in [5, 5.41) is 3.37. The van der Waals surface area contributed by atoms with Gasteiger partial charge in [0.1, 0.15) is 0 Å². The first-order valence-corrected chi connectivity index (χ1v) is 8.40. The molecule has 0 atom stereocenters. The van der Waals surface area contributed by atoms with Crippen LogP contribution in [0.5, 0.6) is 11.5 Å². The molecule has 3 aromatic rings. The molecule has 0 saturated heterocycles. The highest BCUT2D eigenvalue weighted by molar-refractivity contribution is 9.10. The number of rotatable bonds is 4. The fourth-order valence-electron chi connectivity index (χ4n) is 2.73. The van der Waals surface area contributed by atoms with Crippen molar-refractivity contribution in [2.75, 3.05) is 12.1 Å². The first kappa shape index (κ1) is 15.1. The van der Waals surface area contributed by atoms with Crippen LogP contribution in [0.4, 0.5) is 5.95 Å². The zero-order valence-corrected chi connectivity index (χ0v) is 14.7. The third-order valence-electron chi connectivity index (χ3n) is 4.00. The number of hydrogen-bond acceptors (Lipinski definition) is 4. The second-order valence-corrected chi connectivity index (χ2v) is 6.49. The van der Waals surface area contributed by atoms with Crippen LogP contribution < -0.4 is 14.8 Å². The Morgan fingerprint density at radius 3 is 2.92 bits per heavy atom. The lowest BCUT2D eigenvalue weighted by Gasteiger charge is -2.09. The number of imidazole rings is 1. The molecule has 2 aromatic carbocycles. The monoisotopic (exact) mass is 385 g/mol. The molecule has 6 heteroatoms. The van der Waals surface area contributed by atoms with Gasteiger partial charge in [-0.25, -0.2) is 4.98 Å². The van der Waals surface area contributed by atoms with Crippen LogP contribution >= 0.6 is 15.9 Å².